The van der Waals surface area contributed by atoms with Gasteiger partial charge in [0, 0.05) is 16.1 Å². The lowest BCUT2D eigenvalue weighted by Gasteiger charge is -2.20. The Labute approximate surface area is 114 Å². The number of hydrogen-bond donors (Lipinski definition) is 1. The first-order chi connectivity index (χ1) is 8.04. The van der Waals surface area contributed by atoms with E-state index in [0.29, 0.717) is 10.0 Å². The molecule has 0 heterocycles. The van der Waals surface area contributed by atoms with Crippen molar-refractivity contribution in [2.24, 2.45) is 0 Å². The SMILES string of the molecule is C=C(C)CC(NCCC)c1ccc(Cl)cc1Cl. The summed E-state index contributed by atoms with van der Waals surface area (Å²) in [6.45, 7) is 9.12. The van der Waals surface area contributed by atoms with Gasteiger partial charge in [0.2, 0.25) is 0 Å². The molecule has 1 rings (SSSR count). The van der Waals surface area contributed by atoms with Crippen LogP contribution in [0.4, 0.5) is 0 Å². The van der Waals surface area contributed by atoms with Crippen molar-refractivity contribution in [1.29, 1.82) is 0 Å². The van der Waals surface area contributed by atoms with E-state index in [-0.39, 0.29) is 6.04 Å². The average Bonchev–Trinajstić information content (AvgIpc) is 2.24. The summed E-state index contributed by atoms with van der Waals surface area (Å²) in [5.74, 6) is 0. The van der Waals surface area contributed by atoms with Gasteiger partial charge in [-0.05, 0) is 44.0 Å². The fraction of sp³-hybridized carbons (Fsp3) is 0.429. The molecular weight excluding hydrogens is 253 g/mol. The van der Waals surface area contributed by atoms with Gasteiger partial charge in [0.1, 0.15) is 0 Å². The topological polar surface area (TPSA) is 12.0 Å². The quantitative estimate of drug-likeness (QED) is 0.718. The van der Waals surface area contributed by atoms with Crippen LogP contribution in [0.2, 0.25) is 10.0 Å². The van der Waals surface area contributed by atoms with Gasteiger partial charge in [0.15, 0.2) is 0 Å². The maximum Gasteiger partial charge on any atom is 0.0468 e. The second-order valence-electron chi connectivity index (χ2n) is 4.33. The smallest absolute Gasteiger partial charge is 0.0468 e. The van der Waals surface area contributed by atoms with Crippen molar-refractivity contribution >= 4 is 23.2 Å². The van der Waals surface area contributed by atoms with Crippen molar-refractivity contribution in [1.82, 2.24) is 5.32 Å². The highest BCUT2D eigenvalue weighted by Crippen LogP contribution is 2.29. The summed E-state index contributed by atoms with van der Waals surface area (Å²) in [6, 6.07) is 5.87. The van der Waals surface area contributed by atoms with Crippen LogP contribution in [0.5, 0.6) is 0 Å². The molecule has 94 valence electrons. The Hall–Kier alpha value is -0.500. The molecule has 1 unspecified atom stereocenters. The molecule has 0 bridgehead atoms. The minimum atomic E-state index is 0.220. The second kappa shape index (κ2) is 7.05. The molecule has 0 spiro atoms. The third-order valence-corrected chi connectivity index (χ3v) is 3.09. The van der Waals surface area contributed by atoms with E-state index in [1.54, 1.807) is 6.07 Å². The Morgan fingerprint density at radius 1 is 1.41 bits per heavy atom. The van der Waals surface area contributed by atoms with Gasteiger partial charge in [-0.15, -0.1) is 6.58 Å². The molecular formula is C14H19Cl2N. The van der Waals surface area contributed by atoms with Crippen molar-refractivity contribution in [3.05, 3.63) is 46.0 Å². The number of hydrogen-bond acceptors (Lipinski definition) is 1. The predicted octanol–water partition coefficient (Wildman–Crippen LogP) is 5.00. The van der Waals surface area contributed by atoms with Crippen LogP contribution in [0.15, 0.2) is 30.4 Å². The molecule has 3 heteroatoms. The van der Waals surface area contributed by atoms with E-state index in [2.05, 4.69) is 18.8 Å². The first-order valence-electron chi connectivity index (χ1n) is 5.87. The molecule has 0 saturated heterocycles. The Morgan fingerprint density at radius 3 is 2.65 bits per heavy atom. The Bertz CT molecular complexity index is 388. The van der Waals surface area contributed by atoms with Crippen LogP contribution in [0.3, 0.4) is 0 Å². The summed E-state index contributed by atoms with van der Waals surface area (Å²) in [5.41, 5.74) is 2.23. The summed E-state index contributed by atoms with van der Waals surface area (Å²) < 4.78 is 0. The highest BCUT2D eigenvalue weighted by molar-refractivity contribution is 6.35. The molecule has 0 aromatic heterocycles. The molecule has 0 radical (unpaired) electrons. The number of benzene rings is 1. The highest BCUT2D eigenvalue weighted by atomic mass is 35.5. The van der Waals surface area contributed by atoms with Crippen LogP contribution in [0.25, 0.3) is 0 Å². The Kier molecular flexibility index (Phi) is 6.04. The van der Waals surface area contributed by atoms with E-state index in [9.17, 15) is 0 Å². The third-order valence-electron chi connectivity index (χ3n) is 2.53. The minimum absolute atomic E-state index is 0.220. The lowest BCUT2D eigenvalue weighted by Crippen LogP contribution is -2.22. The van der Waals surface area contributed by atoms with Crippen LogP contribution in [-0.4, -0.2) is 6.54 Å². The maximum atomic E-state index is 6.23. The van der Waals surface area contributed by atoms with E-state index in [1.807, 2.05) is 19.1 Å². The van der Waals surface area contributed by atoms with Gasteiger partial charge in [-0.3, -0.25) is 0 Å². The Morgan fingerprint density at radius 2 is 2.12 bits per heavy atom. The molecule has 0 aliphatic heterocycles. The Balaban J connectivity index is 2.90. The molecule has 1 atom stereocenters. The van der Waals surface area contributed by atoms with Crippen LogP contribution >= 0.6 is 23.2 Å². The van der Waals surface area contributed by atoms with Gasteiger partial charge >= 0.3 is 0 Å². The van der Waals surface area contributed by atoms with Gasteiger partial charge in [-0.2, -0.15) is 0 Å². The van der Waals surface area contributed by atoms with Crippen LogP contribution in [0, 0.1) is 0 Å². The molecule has 0 aliphatic rings. The molecule has 0 saturated carbocycles. The number of nitrogens with one attached hydrogen (secondary N) is 1. The fourth-order valence-electron chi connectivity index (χ4n) is 1.74. The van der Waals surface area contributed by atoms with Crippen LogP contribution in [0.1, 0.15) is 38.3 Å². The van der Waals surface area contributed by atoms with Crippen molar-refractivity contribution in [3.63, 3.8) is 0 Å². The largest absolute Gasteiger partial charge is 0.310 e. The van der Waals surface area contributed by atoms with Crippen molar-refractivity contribution < 1.29 is 0 Å². The molecule has 1 N–H and O–H groups in total. The zero-order valence-corrected chi connectivity index (χ0v) is 11.9. The lowest BCUT2D eigenvalue weighted by molar-refractivity contribution is 0.528. The summed E-state index contributed by atoms with van der Waals surface area (Å²) in [4.78, 5) is 0. The third kappa shape index (κ3) is 4.71. The van der Waals surface area contributed by atoms with E-state index in [1.165, 1.54) is 0 Å². The zero-order valence-electron chi connectivity index (χ0n) is 10.4. The van der Waals surface area contributed by atoms with Crippen LogP contribution in [-0.2, 0) is 0 Å². The standard InChI is InChI=1S/C14H19Cl2N/c1-4-7-17-14(8-10(2)3)12-6-5-11(15)9-13(12)16/h5-6,9,14,17H,2,4,7-8H2,1,3H3. The van der Waals surface area contributed by atoms with Crippen molar-refractivity contribution in [3.8, 4) is 0 Å². The lowest BCUT2D eigenvalue weighted by atomic mass is 10.00. The maximum absolute atomic E-state index is 6.23. The normalized spacial score (nSPS) is 12.5. The number of halogens is 2. The van der Waals surface area contributed by atoms with Gasteiger partial charge in [-0.25, -0.2) is 0 Å². The average molecular weight is 272 g/mol. The second-order valence-corrected chi connectivity index (χ2v) is 5.18. The molecule has 17 heavy (non-hydrogen) atoms. The highest BCUT2D eigenvalue weighted by Gasteiger charge is 2.14. The minimum Gasteiger partial charge on any atom is -0.310 e. The van der Waals surface area contributed by atoms with Gasteiger partial charge < -0.3 is 5.32 Å². The van der Waals surface area contributed by atoms with Crippen LogP contribution < -0.4 is 5.32 Å². The molecule has 1 aromatic rings. The van der Waals surface area contributed by atoms with Gasteiger partial charge in [0.05, 0.1) is 0 Å². The van der Waals surface area contributed by atoms with Gasteiger partial charge in [0.25, 0.3) is 0 Å². The first-order valence-corrected chi connectivity index (χ1v) is 6.63. The zero-order chi connectivity index (χ0) is 12.8. The predicted molar refractivity (Wildman–Crippen MR) is 76.9 cm³/mol. The fourth-order valence-corrected chi connectivity index (χ4v) is 2.28. The monoisotopic (exact) mass is 271 g/mol. The van der Waals surface area contributed by atoms with Crippen molar-refractivity contribution in [2.75, 3.05) is 6.54 Å². The summed E-state index contributed by atoms with van der Waals surface area (Å²) in [7, 11) is 0. The molecule has 0 amide bonds. The summed E-state index contributed by atoms with van der Waals surface area (Å²) in [5, 5.41) is 4.87. The molecule has 1 aromatic carbocycles. The van der Waals surface area contributed by atoms with E-state index in [4.69, 9.17) is 23.2 Å². The first kappa shape index (κ1) is 14.6. The van der Waals surface area contributed by atoms with E-state index >= 15 is 0 Å². The molecule has 0 fully saturated rings. The summed E-state index contributed by atoms with van der Waals surface area (Å²) >= 11 is 12.1. The molecule has 1 nitrogen and oxygen atoms in total. The van der Waals surface area contributed by atoms with E-state index in [0.717, 1.165) is 30.5 Å². The number of rotatable bonds is 6. The van der Waals surface area contributed by atoms with Crippen molar-refractivity contribution in [2.45, 2.75) is 32.7 Å². The molecule has 0 aliphatic carbocycles. The summed E-state index contributed by atoms with van der Waals surface area (Å²) in [6.07, 6.45) is 1.99. The van der Waals surface area contributed by atoms with Gasteiger partial charge in [-0.1, -0.05) is 41.8 Å². The van der Waals surface area contributed by atoms with E-state index < -0.39 is 0 Å².